The number of methoxy groups -OCH3 is 1. The van der Waals surface area contributed by atoms with Crippen LogP contribution in [0.5, 0.6) is 5.75 Å². The van der Waals surface area contributed by atoms with Gasteiger partial charge in [-0.3, -0.25) is 19.3 Å². The molecule has 7 nitrogen and oxygen atoms in total. The van der Waals surface area contributed by atoms with Crippen molar-refractivity contribution < 1.29 is 19.1 Å². The minimum Gasteiger partial charge on any atom is -0.497 e. The summed E-state index contributed by atoms with van der Waals surface area (Å²) >= 11 is 0. The quantitative estimate of drug-likeness (QED) is 0.560. The molecular formula is C27H33N3O4. The molecule has 0 N–H and O–H groups in total. The lowest BCUT2D eigenvalue weighted by Gasteiger charge is -2.36. The second-order valence-electron chi connectivity index (χ2n) is 8.86. The van der Waals surface area contributed by atoms with E-state index in [4.69, 9.17) is 4.74 Å². The highest BCUT2D eigenvalue weighted by Crippen LogP contribution is 2.34. The van der Waals surface area contributed by atoms with Crippen LogP contribution < -0.4 is 9.64 Å². The van der Waals surface area contributed by atoms with Crippen LogP contribution in [0.1, 0.15) is 53.0 Å². The van der Waals surface area contributed by atoms with Crippen LogP contribution in [0.2, 0.25) is 0 Å². The number of benzene rings is 2. The summed E-state index contributed by atoms with van der Waals surface area (Å²) in [7, 11) is 1.62. The molecule has 2 aromatic carbocycles. The molecule has 0 aliphatic carbocycles. The summed E-state index contributed by atoms with van der Waals surface area (Å²) in [6.07, 6.45) is 2.28. The second-order valence-corrected chi connectivity index (χ2v) is 8.86. The van der Waals surface area contributed by atoms with E-state index < -0.39 is 0 Å². The predicted molar refractivity (Wildman–Crippen MR) is 131 cm³/mol. The lowest BCUT2D eigenvalue weighted by atomic mass is 9.94. The van der Waals surface area contributed by atoms with Gasteiger partial charge >= 0.3 is 0 Å². The molecule has 0 aromatic heterocycles. The zero-order valence-electron chi connectivity index (χ0n) is 20.3. The molecule has 180 valence electrons. The first-order valence-electron chi connectivity index (χ1n) is 12.1. The first-order valence-corrected chi connectivity index (χ1v) is 12.1. The Morgan fingerprint density at radius 3 is 2.59 bits per heavy atom. The summed E-state index contributed by atoms with van der Waals surface area (Å²) in [6, 6.07) is 13.1. The number of anilines is 1. The highest BCUT2D eigenvalue weighted by Gasteiger charge is 2.39. The summed E-state index contributed by atoms with van der Waals surface area (Å²) in [6.45, 7) is 7.03. The molecule has 2 heterocycles. The number of carbonyl (C=O) groups excluding carboxylic acids is 3. The van der Waals surface area contributed by atoms with Gasteiger partial charge in [-0.25, -0.2) is 0 Å². The number of ether oxygens (including phenoxy) is 1. The molecule has 1 fully saturated rings. The largest absolute Gasteiger partial charge is 0.497 e. The SMILES string of the molecule is CCN(CC)C(=O)[C@H]1CCCN(c2cccc3c2C(=O)N(CCc2cccc(OC)c2)C3=O)C1. The van der Waals surface area contributed by atoms with Crippen molar-refractivity contribution in [3.8, 4) is 5.75 Å². The van der Waals surface area contributed by atoms with Gasteiger partial charge in [0, 0.05) is 32.7 Å². The maximum atomic E-state index is 13.4. The molecule has 4 rings (SSSR count). The highest BCUT2D eigenvalue weighted by atomic mass is 16.5. The van der Waals surface area contributed by atoms with Gasteiger partial charge in [0.25, 0.3) is 11.8 Å². The van der Waals surface area contributed by atoms with Gasteiger partial charge in [0.1, 0.15) is 5.75 Å². The predicted octanol–water partition coefficient (Wildman–Crippen LogP) is 3.62. The number of imide groups is 1. The number of hydrogen-bond acceptors (Lipinski definition) is 5. The standard InChI is InChI=1S/C27H33N3O4/c1-4-28(5-2)25(31)20-10-8-15-29(18-20)23-13-7-12-22-24(23)27(33)30(26(22)32)16-14-19-9-6-11-21(17-19)34-3/h6-7,9,11-13,17,20H,4-5,8,10,14-16,18H2,1-3H3/t20-/m0/s1. The van der Waals surface area contributed by atoms with Crippen molar-refractivity contribution in [3.05, 3.63) is 59.2 Å². The topological polar surface area (TPSA) is 70.2 Å². The van der Waals surface area contributed by atoms with Gasteiger partial charge in [0.05, 0.1) is 29.8 Å². The Labute approximate surface area is 201 Å². The minimum atomic E-state index is -0.254. The summed E-state index contributed by atoms with van der Waals surface area (Å²) in [5.41, 5.74) is 2.68. The molecule has 1 atom stereocenters. The fourth-order valence-corrected chi connectivity index (χ4v) is 5.04. The number of amides is 3. The molecule has 0 bridgehead atoms. The van der Waals surface area contributed by atoms with Gasteiger partial charge < -0.3 is 14.5 Å². The third-order valence-corrected chi connectivity index (χ3v) is 6.92. The minimum absolute atomic E-state index is 0.0964. The van der Waals surface area contributed by atoms with Crippen molar-refractivity contribution in [2.24, 2.45) is 5.92 Å². The molecule has 1 saturated heterocycles. The van der Waals surface area contributed by atoms with Crippen molar-refractivity contribution >= 4 is 23.4 Å². The molecule has 2 aliphatic rings. The van der Waals surface area contributed by atoms with Crippen LogP contribution in [0.4, 0.5) is 5.69 Å². The van der Waals surface area contributed by atoms with E-state index in [1.807, 2.05) is 55.1 Å². The fourth-order valence-electron chi connectivity index (χ4n) is 5.04. The first-order chi connectivity index (χ1) is 16.5. The molecular weight excluding hydrogens is 430 g/mol. The van der Waals surface area contributed by atoms with E-state index >= 15 is 0 Å². The van der Waals surface area contributed by atoms with E-state index in [9.17, 15) is 14.4 Å². The number of carbonyl (C=O) groups is 3. The van der Waals surface area contributed by atoms with Crippen LogP contribution in [-0.4, -0.2) is 67.4 Å². The van der Waals surface area contributed by atoms with E-state index in [0.717, 1.165) is 36.4 Å². The summed E-state index contributed by atoms with van der Waals surface area (Å²) in [5, 5.41) is 0. The van der Waals surface area contributed by atoms with E-state index in [1.54, 1.807) is 13.2 Å². The Balaban J connectivity index is 1.53. The van der Waals surface area contributed by atoms with Gasteiger partial charge in [-0.2, -0.15) is 0 Å². The number of nitrogens with zero attached hydrogens (tertiary/aromatic N) is 3. The molecule has 0 saturated carbocycles. The molecule has 0 spiro atoms. The van der Waals surface area contributed by atoms with Crippen molar-refractivity contribution in [2.45, 2.75) is 33.1 Å². The molecule has 2 aromatic rings. The Bertz CT molecular complexity index is 1080. The zero-order chi connectivity index (χ0) is 24.2. The lowest BCUT2D eigenvalue weighted by molar-refractivity contribution is -0.135. The fraction of sp³-hybridized carbons (Fsp3) is 0.444. The number of hydrogen-bond donors (Lipinski definition) is 0. The Morgan fingerprint density at radius 2 is 1.85 bits per heavy atom. The third kappa shape index (κ3) is 4.52. The smallest absolute Gasteiger partial charge is 0.263 e. The monoisotopic (exact) mass is 463 g/mol. The van der Waals surface area contributed by atoms with Gasteiger partial charge in [0.2, 0.25) is 5.91 Å². The highest BCUT2D eigenvalue weighted by molar-refractivity contribution is 6.23. The van der Waals surface area contributed by atoms with Crippen LogP contribution in [0.25, 0.3) is 0 Å². The van der Waals surface area contributed by atoms with Gasteiger partial charge in [-0.1, -0.05) is 18.2 Å². The average Bonchev–Trinajstić information content (AvgIpc) is 3.13. The summed E-state index contributed by atoms with van der Waals surface area (Å²) < 4.78 is 5.28. The second kappa shape index (κ2) is 10.3. The Hall–Kier alpha value is -3.35. The van der Waals surface area contributed by atoms with Crippen molar-refractivity contribution in [1.82, 2.24) is 9.80 Å². The van der Waals surface area contributed by atoms with E-state index in [1.165, 1.54) is 4.90 Å². The van der Waals surface area contributed by atoms with Crippen LogP contribution in [0.3, 0.4) is 0 Å². The van der Waals surface area contributed by atoms with Crippen LogP contribution in [0.15, 0.2) is 42.5 Å². The van der Waals surface area contributed by atoms with Crippen molar-refractivity contribution in [3.63, 3.8) is 0 Å². The molecule has 0 radical (unpaired) electrons. The van der Waals surface area contributed by atoms with E-state index in [0.29, 0.717) is 43.7 Å². The average molecular weight is 464 g/mol. The number of piperidine rings is 1. The maximum absolute atomic E-state index is 13.4. The molecule has 34 heavy (non-hydrogen) atoms. The van der Waals surface area contributed by atoms with Crippen molar-refractivity contribution in [1.29, 1.82) is 0 Å². The van der Waals surface area contributed by atoms with Gasteiger partial charge in [-0.15, -0.1) is 0 Å². The number of fused-ring (bicyclic) bond motifs is 1. The van der Waals surface area contributed by atoms with Crippen LogP contribution in [-0.2, 0) is 11.2 Å². The Kier molecular flexibility index (Phi) is 7.20. The number of rotatable bonds is 8. The molecule has 3 amide bonds. The summed E-state index contributed by atoms with van der Waals surface area (Å²) in [5.74, 6) is 0.319. The maximum Gasteiger partial charge on any atom is 0.263 e. The first kappa shape index (κ1) is 23.8. The molecule has 2 aliphatic heterocycles. The molecule has 0 unspecified atom stereocenters. The van der Waals surface area contributed by atoms with Gasteiger partial charge in [0.15, 0.2) is 0 Å². The lowest BCUT2D eigenvalue weighted by Crippen LogP contribution is -2.45. The Morgan fingerprint density at radius 1 is 1.09 bits per heavy atom. The van der Waals surface area contributed by atoms with Crippen LogP contribution in [0, 0.1) is 5.92 Å². The zero-order valence-corrected chi connectivity index (χ0v) is 20.3. The molecule has 7 heteroatoms. The van der Waals surface area contributed by atoms with Crippen molar-refractivity contribution in [2.75, 3.05) is 44.7 Å². The van der Waals surface area contributed by atoms with Gasteiger partial charge in [-0.05, 0) is 62.9 Å². The van der Waals surface area contributed by atoms with Crippen LogP contribution >= 0.6 is 0 Å². The normalized spacial score (nSPS) is 17.7. The third-order valence-electron chi connectivity index (χ3n) is 6.92. The summed E-state index contributed by atoms with van der Waals surface area (Å²) in [4.78, 5) is 44.8. The van der Waals surface area contributed by atoms with E-state index in [-0.39, 0.29) is 23.6 Å². The van der Waals surface area contributed by atoms with E-state index in [2.05, 4.69) is 4.90 Å².